The minimum Gasteiger partial charge on any atom is -0.508 e. The molecule has 0 aliphatic heterocycles. The van der Waals surface area contributed by atoms with Gasteiger partial charge in [0.25, 0.3) is 0 Å². The second-order valence-corrected chi connectivity index (χ2v) is 17.7. The van der Waals surface area contributed by atoms with E-state index in [9.17, 15) is 24.0 Å². The summed E-state index contributed by atoms with van der Waals surface area (Å²) in [6, 6.07) is 28.2. The third-order valence-electron chi connectivity index (χ3n) is 10.7. The van der Waals surface area contributed by atoms with Gasteiger partial charge in [-0.05, 0) is 169 Å². The first kappa shape index (κ1) is 81.8. The molecule has 0 saturated heterocycles. The van der Waals surface area contributed by atoms with E-state index in [0.29, 0.717) is 49.5 Å². The van der Waals surface area contributed by atoms with Crippen molar-refractivity contribution in [3.05, 3.63) is 154 Å². The quantitative estimate of drug-likeness (QED) is 0.0379. The predicted octanol–water partition coefficient (Wildman–Crippen LogP) is 10.2. The number of methoxy groups -OCH3 is 2. The van der Waals surface area contributed by atoms with Crippen LogP contribution in [0.4, 0.5) is 0 Å². The van der Waals surface area contributed by atoms with E-state index in [0.717, 1.165) is 44.9 Å². The fourth-order valence-corrected chi connectivity index (χ4v) is 6.63. The van der Waals surface area contributed by atoms with Crippen LogP contribution in [-0.2, 0) is 88.8 Å². The number of carbonyl (C=O) groups excluding carboxylic acids is 5. The van der Waals surface area contributed by atoms with Gasteiger partial charge in [0.05, 0.1) is 61.1 Å². The molecule has 0 aliphatic rings. The number of ether oxygens (including phenoxy) is 3. The van der Waals surface area contributed by atoms with Gasteiger partial charge in [-0.25, -0.2) is 1.37 Å². The molecule has 0 saturated carbocycles. The minimum absolute atomic E-state index is 0. The summed E-state index contributed by atoms with van der Waals surface area (Å²) in [6.45, 7) is 12.0. The molecule has 0 fully saturated rings. The van der Waals surface area contributed by atoms with Gasteiger partial charge in [0.1, 0.15) is 57.7 Å². The van der Waals surface area contributed by atoms with Gasteiger partial charge in [-0.2, -0.15) is 0 Å². The molecule has 0 amide bonds. The molecular formula is C60H92Cl2N5O10Y-. The fraction of sp³-hybridized carbons (Fsp3) is 0.400. The summed E-state index contributed by atoms with van der Waals surface area (Å²) < 4.78 is 21.0. The number of Topliss-reactive ketones (excluding diaryl/α,β-unsaturated/α-hetero) is 5. The smallest absolute Gasteiger partial charge is 0.146 e. The van der Waals surface area contributed by atoms with Crippen LogP contribution < -0.4 is 42.9 Å². The number of halogens is 2. The van der Waals surface area contributed by atoms with Gasteiger partial charge >= 0.3 is 0 Å². The van der Waals surface area contributed by atoms with E-state index in [1.54, 1.807) is 56.7 Å². The van der Waals surface area contributed by atoms with E-state index < -0.39 is 30.2 Å². The van der Waals surface area contributed by atoms with Gasteiger partial charge < -0.3 is 60.5 Å². The van der Waals surface area contributed by atoms with E-state index in [-0.39, 0.29) is 108 Å². The fourth-order valence-electron chi connectivity index (χ4n) is 6.14. The first-order valence-electron chi connectivity index (χ1n) is 23.8. The van der Waals surface area contributed by atoms with E-state index >= 15 is 0 Å². The summed E-state index contributed by atoms with van der Waals surface area (Å²) in [5.74, 6) is 2.47. The first-order valence-corrected chi connectivity index (χ1v) is 23.8. The molecule has 0 spiro atoms. The molecule has 5 rings (SSSR count). The number of benzene rings is 5. The summed E-state index contributed by atoms with van der Waals surface area (Å²) >= 11 is 11.6. The Kier molecular flexibility index (Phi) is 46.9. The molecule has 5 aromatic rings. The Morgan fingerprint density at radius 1 is 0.513 bits per heavy atom. The van der Waals surface area contributed by atoms with Gasteiger partial charge in [-0.15, -0.1) is 0 Å². The number of hydrogen-bond acceptors (Lipinski definition) is 15. The number of aryl methyl sites for hydroxylation is 1. The van der Waals surface area contributed by atoms with Gasteiger partial charge in [0, 0.05) is 32.7 Å². The van der Waals surface area contributed by atoms with Crippen molar-refractivity contribution in [1.82, 2.24) is 0 Å². The third-order valence-corrected chi connectivity index (χ3v) is 11.3. The number of nitrogens with two attached hydrogens (primary N) is 5. The monoisotopic (exact) mass is 1200 g/mol. The van der Waals surface area contributed by atoms with Gasteiger partial charge in [-0.1, -0.05) is 101 Å². The predicted molar refractivity (Wildman–Crippen MR) is 320 cm³/mol. The van der Waals surface area contributed by atoms with Crippen LogP contribution in [0.1, 0.15) is 106 Å². The second-order valence-electron chi connectivity index (χ2n) is 16.9. The molecule has 0 bridgehead atoms. The summed E-state index contributed by atoms with van der Waals surface area (Å²) in [5, 5.41) is 19.1. The van der Waals surface area contributed by atoms with E-state index in [2.05, 4.69) is 7.40 Å². The van der Waals surface area contributed by atoms with Crippen molar-refractivity contribution in [3.63, 3.8) is 0 Å². The van der Waals surface area contributed by atoms with Crippen LogP contribution in [0.5, 0.6) is 28.7 Å². The Hall–Kier alpha value is -5.07. The summed E-state index contributed by atoms with van der Waals surface area (Å²) in [7, 11) is 5.70. The zero-order valence-corrected chi connectivity index (χ0v) is 48.4. The van der Waals surface area contributed by atoms with Gasteiger partial charge in [0.2, 0.25) is 0 Å². The molecule has 12 N–H and O–H groups in total. The molecule has 435 valence electrons. The first-order chi connectivity index (χ1) is 34.8. The molecule has 15 nitrogen and oxygen atoms in total. The molecule has 0 aliphatic carbocycles. The molecule has 0 unspecified atom stereocenters. The maximum absolute atomic E-state index is 11.0. The topological polar surface area (TPSA) is 284 Å². The number of carbonyl (C=O) groups is 5. The summed E-state index contributed by atoms with van der Waals surface area (Å²) in [6.07, 6.45) is 2.58. The number of rotatable bonds is 19. The van der Waals surface area contributed by atoms with Crippen molar-refractivity contribution in [2.24, 2.45) is 28.7 Å². The average molecular weight is 1210 g/mol. The normalized spacial score (nSPS) is 11.5. The van der Waals surface area contributed by atoms with E-state index in [4.69, 9.17) is 77.7 Å². The zero-order valence-electron chi connectivity index (χ0n) is 45.0. The molecule has 0 aromatic heterocycles. The van der Waals surface area contributed by atoms with Crippen molar-refractivity contribution >= 4 is 52.1 Å². The SMILES string of the molecule is C.C.C.C.CC(=O)[C@@H](N)Cc1ccc(O)c(Cl)c1.CC(=O)[C@@H](N)Cc1cccc(O)c1.CCOc1ccc(C[C@H](N)C(C)=O)cc1.COc1ccc(C[C@H](N)C(C)=O)cc1C.COc1ccc(C[C@H](N)C(C)=O)cc1Cl.[3H][CH2-].[Y]. The maximum atomic E-state index is 11.0. The molecule has 18 heteroatoms. The van der Waals surface area contributed by atoms with Crippen LogP contribution in [0.2, 0.25) is 10.0 Å². The van der Waals surface area contributed by atoms with Gasteiger partial charge in [-0.3, -0.25) is 24.0 Å². The van der Waals surface area contributed by atoms with Crippen molar-refractivity contribution in [2.45, 2.75) is 140 Å². The Balaban J connectivity index is -0.000000206. The molecule has 5 atom stereocenters. The third kappa shape index (κ3) is 34.1. The number of hydrogen-bond donors (Lipinski definition) is 7. The molecular weight excluding hydrogens is 1110 g/mol. The van der Waals surface area contributed by atoms with Crippen molar-refractivity contribution < 1.29 is 82.5 Å². The number of ketones is 5. The van der Waals surface area contributed by atoms with E-state index in [1.165, 1.54) is 40.7 Å². The number of phenolic OH excluding ortho intramolecular Hbond substituents is 2. The summed E-state index contributed by atoms with van der Waals surface area (Å²) in [5.41, 5.74) is 34.0. The zero-order chi connectivity index (χ0) is 56.7. The van der Waals surface area contributed by atoms with Crippen LogP contribution in [0.25, 0.3) is 0 Å². The van der Waals surface area contributed by atoms with Crippen LogP contribution in [0.15, 0.2) is 103 Å². The summed E-state index contributed by atoms with van der Waals surface area (Å²) in [4.78, 5) is 54.7. The van der Waals surface area contributed by atoms with E-state index in [1.807, 2.05) is 68.4 Å². The molecule has 0 heterocycles. The largest absolute Gasteiger partial charge is 0.508 e. The van der Waals surface area contributed by atoms with Crippen molar-refractivity contribution in [1.29, 1.82) is 0 Å². The Morgan fingerprint density at radius 3 is 1.18 bits per heavy atom. The van der Waals surface area contributed by atoms with Crippen LogP contribution in [0.3, 0.4) is 0 Å². The van der Waals surface area contributed by atoms with Crippen molar-refractivity contribution in [2.75, 3.05) is 20.8 Å². The maximum Gasteiger partial charge on any atom is 0.146 e. The van der Waals surface area contributed by atoms with Crippen molar-refractivity contribution in [3.8, 4) is 28.7 Å². The van der Waals surface area contributed by atoms with Crippen LogP contribution in [0, 0.1) is 14.3 Å². The Morgan fingerprint density at radius 2 is 0.846 bits per heavy atom. The van der Waals surface area contributed by atoms with Gasteiger partial charge in [0.15, 0.2) is 0 Å². The number of phenols is 2. The second kappa shape index (κ2) is 44.8. The average Bonchev–Trinajstić information content (AvgIpc) is 3.34. The Bertz CT molecular complexity index is 2450. The standard InChI is InChI=1S/2C12H17NO2.C11H14ClNO2.C10H12ClNO2.C10H13NO2.4CH4.CH3.Y/c1-8-6-10(4-5-12(8)15-3)7-11(13)9(2)14;1-3-15-11-6-4-10(5-7-11)8-12(13)9(2)14;1-7(14)10(13)6-8-3-4-11(15-2)9(12)5-8;1-6(13)9(12)5-7-2-3-10(14)8(11)4-7;1-7(12)10(11)6-8-3-2-4-9(13)5-8;;;;;;/h4-6,11H,7,13H2,1-3H3;4-7,12H,3,8,13H2,1-2H3;3-5,10H,6,13H2,1-2H3;2-4,9,14H,5,12H2,1H3;2-5,10,13H,6,11H2,1H3;4*1H4;1H3;/q;;;;;;;;;-1;/t11-;12-;10-;9-;10-;;;;;;/m00000....../s1/i;;;;;;;;;1T;. The molecule has 1 radical (unpaired) electrons. The molecule has 5 aromatic carbocycles. The Labute approximate surface area is 503 Å². The van der Waals surface area contributed by atoms with Crippen LogP contribution >= 0.6 is 23.2 Å². The minimum atomic E-state index is -0.504. The van der Waals surface area contributed by atoms with Crippen LogP contribution in [-0.4, -0.2) is 90.2 Å². The number of aromatic hydroxyl groups is 2. The molecule has 78 heavy (non-hydrogen) atoms.